The van der Waals surface area contributed by atoms with Gasteiger partial charge in [-0.2, -0.15) is 5.10 Å². The molecule has 36 heavy (non-hydrogen) atoms. The van der Waals surface area contributed by atoms with Gasteiger partial charge in [0, 0.05) is 29.7 Å². The first-order chi connectivity index (χ1) is 17.6. The van der Waals surface area contributed by atoms with Crippen LogP contribution in [-0.2, 0) is 11.2 Å². The van der Waals surface area contributed by atoms with Gasteiger partial charge in [0.2, 0.25) is 5.91 Å². The summed E-state index contributed by atoms with van der Waals surface area (Å²) in [6.07, 6.45) is 6.14. The van der Waals surface area contributed by atoms with Crippen LogP contribution in [0.1, 0.15) is 54.8 Å². The largest absolute Gasteiger partial charge is 0.497 e. The first-order valence-electron chi connectivity index (χ1n) is 13.3. The summed E-state index contributed by atoms with van der Waals surface area (Å²) >= 11 is 0. The van der Waals surface area contributed by atoms with Gasteiger partial charge >= 0.3 is 0 Å². The Hall–Kier alpha value is -3.12. The van der Waals surface area contributed by atoms with Crippen molar-refractivity contribution in [3.05, 3.63) is 65.4 Å². The minimum Gasteiger partial charge on any atom is -0.497 e. The Bertz CT molecular complexity index is 1250. The summed E-state index contributed by atoms with van der Waals surface area (Å²) in [6, 6.07) is 16.6. The maximum atomic E-state index is 13.7. The summed E-state index contributed by atoms with van der Waals surface area (Å²) in [7, 11) is 1.67. The molecule has 2 aromatic carbocycles. The average Bonchev–Trinajstić information content (AvgIpc) is 3.62. The van der Waals surface area contributed by atoms with Gasteiger partial charge in [-0.1, -0.05) is 29.8 Å². The fourth-order valence-electron chi connectivity index (χ4n) is 6.95. The van der Waals surface area contributed by atoms with E-state index >= 15 is 0 Å². The molecule has 3 aliphatic rings. The first kappa shape index (κ1) is 23.3. The van der Waals surface area contributed by atoms with E-state index in [4.69, 9.17) is 9.84 Å². The van der Waals surface area contributed by atoms with Crippen molar-refractivity contribution in [2.75, 3.05) is 13.7 Å². The van der Waals surface area contributed by atoms with E-state index in [9.17, 15) is 9.90 Å². The molecule has 188 valence electrons. The number of ether oxygens (including phenoxy) is 1. The number of aliphatic hydroxyl groups excluding tert-OH is 1. The minimum atomic E-state index is -0.268. The summed E-state index contributed by atoms with van der Waals surface area (Å²) < 4.78 is 7.37. The second kappa shape index (κ2) is 9.40. The summed E-state index contributed by atoms with van der Waals surface area (Å²) in [5.41, 5.74) is 6.42. The lowest BCUT2D eigenvalue weighted by atomic mass is 9.82. The molecule has 5 atom stereocenters. The standard InChI is InChI=1S/C30H35N3O3/c1-18-6-8-19(9-7-18)29-24-4-3-5-25(28(24)32-33(29)22-12-14-23(36-2)15-13-22)30(35)31-27-21-11-10-20(16-21)26(27)17-34/h6-9,12-15,20-21,25-27,34H,3-5,10-11,16-17H2,1-2H3,(H,31,35)/t20?,21?,25?,26-,27+/m1/s1. The van der Waals surface area contributed by atoms with Crippen molar-refractivity contribution in [1.29, 1.82) is 0 Å². The van der Waals surface area contributed by atoms with Crippen LogP contribution >= 0.6 is 0 Å². The zero-order valence-corrected chi connectivity index (χ0v) is 21.1. The number of fused-ring (bicyclic) bond motifs is 3. The molecule has 3 unspecified atom stereocenters. The summed E-state index contributed by atoms with van der Waals surface area (Å²) in [5.74, 6) is 1.84. The number of hydrogen-bond acceptors (Lipinski definition) is 4. The van der Waals surface area contributed by atoms with E-state index in [0.29, 0.717) is 11.8 Å². The van der Waals surface area contributed by atoms with E-state index in [1.165, 1.54) is 17.5 Å². The third kappa shape index (κ3) is 3.92. The molecule has 0 aliphatic heterocycles. The number of rotatable bonds is 6. The van der Waals surface area contributed by atoms with Crippen molar-refractivity contribution in [3.8, 4) is 22.7 Å². The number of carbonyl (C=O) groups is 1. The van der Waals surface area contributed by atoms with Crippen molar-refractivity contribution in [1.82, 2.24) is 15.1 Å². The number of amides is 1. The van der Waals surface area contributed by atoms with Gasteiger partial charge < -0.3 is 15.2 Å². The van der Waals surface area contributed by atoms with Crippen molar-refractivity contribution < 1.29 is 14.6 Å². The van der Waals surface area contributed by atoms with Gasteiger partial charge in [-0.25, -0.2) is 4.68 Å². The number of aryl methyl sites for hydroxylation is 1. The number of nitrogens with zero attached hydrogens (tertiary/aromatic N) is 2. The molecule has 2 fully saturated rings. The molecule has 0 spiro atoms. The fraction of sp³-hybridized carbons (Fsp3) is 0.467. The van der Waals surface area contributed by atoms with Gasteiger partial charge in [0.05, 0.1) is 30.1 Å². The molecule has 0 radical (unpaired) electrons. The molecule has 2 saturated carbocycles. The molecule has 1 amide bonds. The van der Waals surface area contributed by atoms with Crippen LogP contribution < -0.4 is 10.1 Å². The van der Waals surface area contributed by atoms with Gasteiger partial charge in [-0.15, -0.1) is 0 Å². The average molecular weight is 486 g/mol. The molecular formula is C30H35N3O3. The van der Waals surface area contributed by atoms with Gasteiger partial charge in [0.25, 0.3) is 0 Å². The highest BCUT2D eigenvalue weighted by Crippen LogP contribution is 2.48. The van der Waals surface area contributed by atoms with Crippen LogP contribution in [0.25, 0.3) is 16.9 Å². The normalized spacial score (nSPS) is 26.6. The zero-order valence-electron chi connectivity index (χ0n) is 21.1. The summed E-state index contributed by atoms with van der Waals surface area (Å²) in [5, 5.41) is 18.5. The molecule has 2 bridgehead atoms. The molecular weight excluding hydrogens is 450 g/mol. The SMILES string of the molecule is COc1ccc(-n2nc3c(c2-c2ccc(C)cc2)CCCC3C(=O)N[C@H]2C3CCC(C3)[C@H]2CO)cc1. The van der Waals surface area contributed by atoms with E-state index in [-0.39, 0.29) is 30.4 Å². The van der Waals surface area contributed by atoms with Crippen LogP contribution in [0.5, 0.6) is 5.75 Å². The molecule has 3 aliphatic carbocycles. The van der Waals surface area contributed by atoms with Gasteiger partial charge in [0.1, 0.15) is 5.75 Å². The van der Waals surface area contributed by atoms with Gasteiger partial charge in [0.15, 0.2) is 0 Å². The Morgan fingerprint density at radius 2 is 1.83 bits per heavy atom. The number of hydrogen-bond donors (Lipinski definition) is 2. The smallest absolute Gasteiger partial charge is 0.229 e. The highest BCUT2D eigenvalue weighted by Gasteiger charge is 2.48. The Labute approximate surface area is 212 Å². The number of aliphatic hydroxyl groups is 1. The number of carbonyl (C=O) groups excluding carboxylic acids is 1. The highest BCUT2D eigenvalue weighted by molar-refractivity contribution is 5.85. The van der Waals surface area contributed by atoms with Crippen molar-refractivity contribution >= 4 is 5.91 Å². The second-order valence-corrected chi connectivity index (χ2v) is 10.8. The number of aromatic nitrogens is 2. The molecule has 1 aromatic heterocycles. The Kier molecular flexibility index (Phi) is 6.08. The topological polar surface area (TPSA) is 76.4 Å². The lowest BCUT2D eigenvalue weighted by Crippen LogP contribution is -2.47. The Morgan fingerprint density at radius 3 is 2.56 bits per heavy atom. The fourth-order valence-corrected chi connectivity index (χ4v) is 6.95. The third-order valence-corrected chi connectivity index (χ3v) is 8.83. The first-order valence-corrected chi connectivity index (χ1v) is 13.3. The third-order valence-electron chi connectivity index (χ3n) is 8.83. The van der Waals surface area contributed by atoms with E-state index in [0.717, 1.165) is 60.5 Å². The van der Waals surface area contributed by atoms with Crippen molar-refractivity contribution in [2.24, 2.45) is 17.8 Å². The van der Waals surface area contributed by atoms with Crippen LogP contribution in [0.2, 0.25) is 0 Å². The van der Waals surface area contributed by atoms with E-state index in [1.807, 2.05) is 28.9 Å². The maximum absolute atomic E-state index is 13.7. The highest BCUT2D eigenvalue weighted by atomic mass is 16.5. The molecule has 6 heteroatoms. The second-order valence-electron chi connectivity index (χ2n) is 10.8. The van der Waals surface area contributed by atoms with Crippen LogP contribution in [0.4, 0.5) is 0 Å². The van der Waals surface area contributed by atoms with Crippen molar-refractivity contribution in [2.45, 2.75) is 57.4 Å². The molecule has 0 saturated heterocycles. The molecule has 1 heterocycles. The lowest BCUT2D eigenvalue weighted by Gasteiger charge is -2.32. The predicted octanol–water partition coefficient (Wildman–Crippen LogP) is 4.80. The summed E-state index contributed by atoms with van der Waals surface area (Å²) in [6.45, 7) is 2.25. The van der Waals surface area contributed by atoms with E-state index in [2.05, 4.69) is 36.5 Å². The lowest BCUT2D eigenvalue weighted by molar-refractivity contribution is -0.124. The van der Waals surface area contributed by atoms with Crippen LogP contribution in [0.3, 0.4) is 0 Å². The van der Waals surface area contributed by atoms with Gasteiger partial charge in [-0.3, -0.25) is 4.79 Å². The minimum absolute atomic E-state index is 0.0711. The summed E-state index contributed by atoms with van der Waals surface area (Å²) in [4.78, 5) is 13.7. The molecule has 3 aromatic rings. The van der Waals surface area contributed by atoms with Crippen molar-refractivity contribution in [3.63, 3.8) is 0 Å². The number of nitrogens with one attached hydrogen (secondary N) is 1. The zero-order chi connectivity index (χ0) is 24.8. The number of benzene rings is 2. The maximum Gasteiger partial charge on any atom is 0.229 e. The van der Waals surface area contributed by atoms with Gasteiger partial charge in [-0.05, 0) is 81.5 Å². The Balaban J connectivity index is 1.38. The Morgan fingerprint density at radius 1 is 1.08 bits per heavy atom. The van der Waals surface area contributed by atoms with E-state index < -0.39 is 0 Å². The quantitative estimate of drug-likeness (QED) is 0.526. The predicted molar refractivity (Wildman–Crippen MR) is 139 cm³/mol. The van der Waals surface area contributed by atoms with E-state index in [1.54, 1.807) is 7.11 Å². The number of methoxy groups -OCH3 is 1. The monoisotopic (exact) mass is 485 g/mol. The van der Waals surface area contributed by atoms with Crippen LogP contribution in [-0.4, -0.2) is 40.6 Å². The van der Waals surface area contributed by atoms with Crippen LogP contribution in [0, 0.1) is 24.7 Å². The van der Waals surface area contributed by atoms with Crippen LogP contribution in [0.15, 0.2) is 48.5 Å². The molecule has 6 rings (SSSR count). The molecule has 6 nitrogen and oxygen atoms in total. The molecule has 2 N–H and O–H groups in total.